The minimum atomic E-state index is -0.396. The van der Waals surface area contributed by atoms with Gasteiger partial charge in [-0.05, 0) is 12.5 Å². The van der Waals surface area contributed by atoms with Crippen LogP contribution in [0.1, 0.15) is 22.3 Å². The Hall–Kier alpha value is -1.92. The van der Waals surface area contributed by atoms with Crippen LogP contribution >= 0.6 is 11.3 Å². The Morgan fingerprint density at radius 3 is 2.76 bits per heavy atom. The maximum absolute atomic E-state index is 11.8. The molecule has 0 fully saturated rings. The fraction of sp³-hybridized carbons (Fsp3) is 0.333. The normalized spacial score (nSPS) is 11.9. The van der Waals surface area contributed by atoms with Gasteiger partial charge in [0, 0.05) is 18.3 Å². The Kier molecular flexibility index (Phi) is 5.71. The number of rotatable bonds is 6. The predicted molar refractivity (Wildman–Crippen MR) is 83.4 cm³/mol. The minimum absolute atomic E-state index is 0.136. The second-order valence-corrected chi connectivity index (χ2v) is 5.72. The molecule has 0 aliphatic carbocycles. The Morgan fingerprint density at radius 2 is 2.14 bits per heavy atom. The van der Waals surface area contributed by atoms with Gasteiger partial charge in [-0.1, -0.05) is 30.3 Å². The summed E-state index contributed by atoms with van der Waals surface area (Å²) < 4.78 is 0. The molecule has 1 aromatic carbocycles. The summed E-state index contributed by atoms with van der Waals surface area (Å²) in [7, 11) is 0. The molecule has 0 bridgehead atoms. The van der Waals surface area contributed by atoms with E-state index in [1.54, 1.807) is 11.3 Å². The Balaban J connectivity index is 1.78. The first-order chi connectivity index (χ1) is 10.2. The molecular formula is C15H19N3O2S. The molecule has 3 N–H and O–H groups in total. The van der Waals surface area contributed by atoms with E-state index in [1.807, 2.05) is 42.6 Å². The third kappa shape index (κ3) is 4.84. The summed E-state index contributed by atoms with van der Waals surface area (Å²) in [5, 5.41) is 17.9. The number of aromatic nitrogens is 1. The second-order valence-electron chi connectivity index (χ2n) is 4.65. The summed E-state index contributed by atoms with van der Waals surface area (Å²) in [6.07, 6.45) is 0.701. The molecule has 5 nitrogen and oxygen atoms in total. The molecule has 0 spiro atoms. The van der Waals surface area contributed by atoms with E-state index in [0.717, 1.165) is 16.3 Å². The van der Waals surface area contributed by atoms with Gasteiger partial charge in [-0.2, -0.15) is 0 Å². The smallest absolute Gasteiger partial charge is 0.315 e. The average Bonchev–Trinajstić information content (AvgIpc) is 2.91. The van der Waals surface area contributed by atoms with Gasteiger partial charge >= 0.3 is 6.03 Å². The fourth-order valence-corrected chi connectivity index (χ4v) is 2.60. The molecule has 6 heteroatoms. The molecule has 2 aromatic rings. The average molecular weight is 305 g/mol. The number of carbonyl (C=O) groups is 1. The number of aliphatic hydroxyl groups excluding tert-OH is 1. The van der Waals surface area contributed by atoms with Crippen LogP contribution in [0.2, 0.25) is 0 Å². The van der Waals surface area contributed by atoms with Crippen LogP contribution in [0.4, 0.5) is 4.79 Å². The highest BCUT2D eigenvalue weighted by Gasteiger charge is 2.12. The molecule has 1 aromatic heterocycles. The number of thiazole rings is 1. The lowest BCUT2D eigenvalue weighted by Crippen LogP contribution is -2.40. The van der Waals surface area contributed by atoms with Crippen LogP contribution in [0, 0.1) is 6.92 Å². The standard InChI is InChI=1S/C15H19N3O2S/c1-11-17-13(10-21-11)7-8-16-15(20)18-14(9-19)12-5-3-2-4-6-12/h2-6,10,14,19H,7-9H2,1H3,(H2,16,18,20). The lowest BCUT2D eigenvalue weighted by Gasteiger charge is -2.17. The molecule has 0 saturated carbocycles. The largest absolute Gasteiger partial charge is 0.394 e. The van der Waals surface area contributed by atoms with Crippen LogP contribution in [0.3, 0.4) is 0 Å². The summed E-state index contributed by atoms with van der Waals surface area (Å²) in [6, 6.07) is 8.72. The fourth-order valence-electron chi connectivity index (χ4n) is 1.96. The van der Waals surface area contributed by atoms with Crippen molar-refractivity contribution in [3.05, 3.63) is 52.0 Å². The zero-order valence-electron chi connectivity index (χ0n) is 11.9. The molecular weight excluding hydrogens is 286 g/mol. The summed E-state index contributed by atoms with van der Waals surface area (Å²) in [6.45, 7) is 2.34. The number of aliphatic hydroxyl groups is 1. The number of amides is 2. The third-order valence-corrected chi connectivity index (χ3v) is 3.85. The van der Waals surface area contributed by atoms with Crippen LogP contribution < -0.4 is 10.6 Å². The third-order valence-electron chi connectivity index (χ3n) is 3.02. The predicted octanol–water partition coefficient (Wildman–Crippen LogP) is 2.03. The van der Waals surface area contributed by atoms with Gasteiger partial charge in [-0.3, -0.25) is 0 Å². The highest BCUT2D eigenvalue weighted by molar-refractivity contribution is 7.09. The van der Waals surface area contributed by atoms with Gasteiger partial charge < -0.3 is 15.7 Å². The number of benzene rings is 1. The summed E-state index contributed by atoms with van der Waals surface area (Å²) in [4.78, 5) is 16.2. The Labute approximate surface area is 128 Å². The number of carbonyl (C=O) groups excluding carboxylic acids is 1. The molecule has 0 radical (unpaired) electrons. The number of aryl methyl sites for hydroxylation is 1. The number of nitrogens with zero attached hydrogens (tertiary/aromatic N) is 1. The van der Waals surface area contributed by atoms with Gasteiger partial charge in [0.05, 0.1) is 23.4 Å². The van der Waals surface area contributed by atoms with Gasteiger partial charge in [-0.15, -0.1) is 11.3 Å². The molecule has 112 valence electrons. The van der Waals surface area contributed by atoms with E-state index in [2.05, 4.69) is 15.6 Å². The Morgan fingerprint density at radius 1 is 1.38 bits per heavy atom. The van der Waals surface area contributed by atoms with Gasteiger partial charge in [0.2, 0.25) is 0 Å². The van der Waals surface area contributed by atoms with Gasteiger partial charge in [0.25, 0.3) is 0 Å². The van der Waals surface area contributed by atoms with E-state index >= 15 is 0 Å². The topological polar surface area (TPSA) is 74.2 Å². The molecule has 2 rings (SSSR count). The lowest BCUT2D eigenvalue weighted by molar-refractivity contribution is 0.217. The number of hydrogen-bond acceptors (Lipinski definition) is 4. The van der Waals surface area contributed by atoms with Crippen LogP contribution in [-0.4, -0.2) is 29.3 Å². The van der Waals surface area contributed by atoms with Gasteiger partial charge in [0.15, 0.2) is 0 Å². The molecule has 1 heterocycles. The molecule has 0 aliphatic heterocycles. The van der Waals surface area contributed by atoms with E-state index in [4.69, 9.17) is 0 Å². The number of hydrogen-bond donors (Lipinski definition) is 3. The van der Waals surface area contributed by atoms with Crippen molar-refractivity contribution in [2.24, 2.45) is 0 Å². The molecule has 1 atom stereocenters. The van der Waals surface area contributed by atoms with E-state index in [1.165, 1.54) is 0 Å². The van der Waals surface area contributed by atoms with E-state index in [9.17, 15) is 9.90 Å². The zero-order chi connectivity index (χ0) is 15.1. The minimum Gasteiger partial charge on any atom is -0.394 e. The molecule has 2 amide bonds. The number of urea groups is 1. The van der Waals surface area contributed by atoms with Crippen LogP contribution in [0.25, 0.3) is 0 Å². The first-order valence-corrected chi connectivity index (χ1v) is 7.68. The molecule has 0 saturated heterocycles. The SMILES string of the molecule is Cc1nc(CCNC(=O)NC(CO)c2ccccc2)cs1. The van der Waals surface area contributed by atoms with Crippen LogP contribution in [0.15, 0.2) is 35.7 Å². The first kappa shape index (κ1) is 15.5. The van der Waals surface area contributed by atoms with Crippen molar-refractivity contribution < 1.29 is 9.90 Å². The van der Waals surface area contributed by atoms with Crippen molar-refractivity contribution in [3.8, 4) is 0 Å². The van der Waals surface area contributed by atoms with Crippen LogP contribution in [-0.2, 0) is 6.42 Å². The quantitative estimate of drug-likeness (QED) is 0.764. The second kappa shape index (κ2) is 7.75. The lowest BCUT2D eigenvalue weighted by atomic mass is 10.1. The summed E-state index contributed by atoms with van der Waals surface area (Å²) in [5.74, 6) is 0. The van der Waals surface area contributed by atoms with E-state index in [-0.39, 0.29) is 12.6 Å². The van der Waals surface area contributed by atoms with Crippen LogP contribution in [0.5, 0.6) is 0 Å². The van der Waals surface area contributed by atoms with Crippen molar-refractivity contribution in [3.63, 3.8) is 0 Å². The zero-order valence-corrected chi connectivity index (χ0v) is 12.7. The van der Waals surface area contributed by atoms with E-state index < -0.39 is 6.04 Å². The van der Waals surface area contributed by atoms with E-state index in [0.29, 0.717) is 13.0 Å². The van der Waals surface area contributed by atoms with Crippen molar-refractivity contribution in [2.45, 2.75) is 19.4 Å². The first-order valence-electron chi connectivity index (χ1n) is 6.80. The molecule has 21 heavy (non-hydrogen) atoms. The van der Waals surface area contributed by atoms with Crippen molar-refractivity contribution in [2.75, 3.05) is 13.2 Å². The monoisotopic (exact) mass is 305 g/mol. The summed E-state index contributed by atoms with van der Waals surface area (Å²) in [5.41, 5.74) is 1.87. The van der Waals surface area contributed by atoms with Crippen molar-refractivity contribution >= 4 is 17.4 Å². The molecule has 1 unspecified atom stereocenters. The van der Waals surface area contributed by atoms with Crippen molar-refractivity contribution in [1.82, 2.24) is 15.6 Å². The number of nitrogens with one attached hydrogen (secondary N) is 2. The van der Waals surface area contributed by atoms with Gasteiger partial charge in [-0.25, -0.2) is 9.78 Å². The maximum atomic E-state index is 11.8. The van der Waals surface area contributed by atoms with Gasteiger partial charge in [0.1, 0.15) is 0 Å². The summed E-state index contributed by atoms with van der Waals surface area (Å²) >= 11 is 1.60. The highest BCUT2D eigenvalue weighted by atomic mass is 32.1. The van der Waals surface area contributed by atoms with Crippen molar-refractivity contribution in [1.29, 1.82) is 0 Å². The maximum Gasteiger partial charge on any atom is 0.315 e. The highest BCUT2D eigenvalue weighted by Crippen LogP contribution is 2.11. The Bertz CT molecular complexity index is 571. The molecule has 0 aliphatic rings.